The van der Waals surface area contributed by atoms with Gasteiger partial charge >= 0.3 is 6.09 Å². The molecule has 1 aliphatic carbocycles. The van der Waals surface area contributed by atoms with Crippen molar-refractivity contribution in [1.82, 2.24) is 5.32 Å². The Bertz CT molecular complexity index is 1170. The number of ether oxygens (including phenoxy) is 1. The zero-order valence-corrected chi connectivity index (χ0v) is 20.7. The van der Waals surface area contributed by atoms with Gasteiger partial charge in [-0.25, -0.2) is 13.2 Å². The Balaban J connectivity index is 1.89. The first kappa shape index (κ1) is 24.9. The van der Waals surface area contributed by atoms with Crippen LogP contribution in [0, 0.1) is 5.92 Å². The third-order valence-corrected chi connectivity index (χ3v) is 8.86. The summed E-state index contributed by atoms with van der Waals surface area (Å²) in [5, 5.41) is 4.79. The van der Waals surface area contributed by atoms with E-state index in [-0.39, 0.29) is 22.6 Å². The maximum atomic E-state index is 12.9. The molecule has 0 bridgehead atoms. The summed E-state index contributed by atoms with van der Waals surface area (Å²) in [7, 11) is -3.45. The summed E-state index contributed by atoms with van der Waals surface area (Å²) in [6.07, 6.45) is 1.53. The van der Waals surface area contributed by atoms with Crippen LogP contribution >= 0.6 is 11.3 Å². The van der Waals surface area contributed by atoms with Gasteiger partial charge in [0.05, 0.1) is 22.3 Å². The van der Waals surface area contributed by atoms with Gasteiger partial charge in [-0.15, -0.1) is 11.3 Å². The highest BCUT2D eigenvalue weighted by molar-refractivity contribution is 7.92. The number of amides is 3. The monoisotopic (exact) mass is 492 g/mol. The van der Waals surface area contributed by atoms with Crippen LogP contribution in [0.15, 0.2) is 29.2 Å². The molecule has 8 nitrogen and oxygen atoms in total. The Morgan fingerprint density at radius 3 is 2.42 bits per heavy atom. The maximum absolute atomic E-state index is 12.9. The molecule has 33 heavy (non-hydrogen) atoms. The van der Waals surface area contributed by atoms with Gasteiger partial charge in [0.2, 0.25) is 0 Å². The van der Waals surface area contributed by atoms with Crippen LogP contribution in [-0.2, 0) is 27.4 Å². The normalized spacial score (nSPS) is 15.6. The number of nitrogens with one attached hydrogen (secondary N) is 2. The zero-order chi connectivity index (χ0) is 24.3. The topological polar surface area (TPSA) is 119 Å². The number of hydrogen-bond donors (Lipinski definition) is 2. The van der Waals surface area contributed by atoms with Gasteiger partial charge in [0, 0.05) is 10.4 Å². The minimum Gasteiger partial charge on any atom is -0.450 e. The summed E-state index contributed by atoms with van der Waals surface area (Å²) >= 11 is 1.33. The van der Waals surface area contributed by atoms with Gasteiger partial charge in [-0.05, 0) is 75.8 Å². The second kappa shape index (κ2) is 10.0. The number of anilines is 1. The standard InChI is InChI=1S/C23H28N2O6S2/c1-5-31-23(28)25-21(27)19-17-11-6-14(4)12-18(17)32-22(19)24-20(26)15-7-9-16(10-8-15)33(29,30)13(2)3/h7-10,13-14H,5-6,11-12H2,1-4H3,(H,24,26)(H,25,27,28). The van der Waals surface area contributed by atoms with E-state index in [1.165, 1.54) is 35.6 Å². The molecule has 0 spiro atoms. The van der Waals surface area contributed by atoms with Crippen molar-refractivity contribution >= 4 is 44.1 Å². The van der Waals surface area contributed by atoms with E-state index < -0.39 is 33.0 Å². The van der Waals surface area contributed by atoms with Crippen LogP contribution in [0.3, 0.4) is 0 Å². The van der Waals surface area contributed by atoms with Gasteiger partial charge < -0.3 is 10.1 Å². The third-order valence-electron chi connectivity index (χ3n) is 5.52. The summed E-state index contributed by atoms with van der Waals surface area (Å²) in [4.78, 5) is 38.7. The number of rotatable bonds is 6. The smallest absolute Gasteiger partial charge is 0.414 e. The summed E-state index contributed by atoms with van der Waals surface area (Å²) in [5.41, 5.74) is 1.38. The van der Waals surface area contributed by atoms with Crippen molar-refractivity contribution in [2.45, 2.75) is 57.1 Å². The Kier molecular flexibility index (Phi) is 7.58. The fourth-order valence-electron chi connectivity index (χ4n) is 3.64. The number of carbonyl (C=O) groups is 3. The van der Waals surface area contributed by atoms with Crippen molar-refractivity contribution in [2.75, 3.05) is 11.9 Å². The molecule has 1 aromatic carbocycles. The number of carbonyl (C=O) groups excluding carboxylic acids is 3. The molecule has 0 radical (unpaired) electrons. The lowest BCUT2D eigenvalue weighted by Gasteiger charge is -2.18. The average Bonchev–Trinajstić information content (AvgIpc) is 3.10. The van der Waals surface area contributed by atoms with Crippen LogP contribution in [0.4, 0.5) is 9.80 Å². The first-order chi connectivity index (χ1) is 15.5. The Morgan fingerprint density at radius 1 is 1.15 bits per heavy atom. The van der Waals surface area contributed by atoms with Gasteiger partial charge in [0.1, 0.15) is 5.00 Å². The van der Waals surface area contributed by atoms with E-state index in [1.807, 2.05) is 0 Å². The molecular formula is C23H28N2O6S2. The summed E-state index contributed by atoms with van der Waals surface area (Å²) < 4.78 is 29.4. The van der Waals surface area contributed by atoms with Gasteiger partial charge in [-0.3, -0.25) is 14.9 Å². The zero-order valence-electron chi connectivity index (χ0n) is 19.1. The fourth-order valence-corrected chi connectivity index (χ4v) is 6.11. The highest BCUT2D eigenvalue weighted by atomic mass is 32.2. The predicted octanol–water partition coefficient (Wildman–Crippen LogP) is 4.19. The van der Waals surface area contributed by atoms with Crippen molar-refractivity contribution in [3.8, 4) is 0 Å². The van der Waals surface area contributed by atoms with E-state index in [2.05, 4.69) is 17.6 Å². The lowest BCUT2D eigenvalue weighted by molar-refractivity contribution is 0.0925. The van der Waals surface area contributed by atoms with Gasteiger partial charge in [0.15, 0.2) is 9.84 Å². The van der Waals surface area contributed by atoms with Crippen LogP contribution in [0.25, 0.3) is 0 Å². The van der Waals surface area contributed by atoms with E-state index in [4.69, 9.17) is 4.74 Å². The van der Waals surface area contributed by atoms with Gasteiger partial charge in [-0.2, -0.15) is 0 Å². The maximum Gasteiger partial charge on any atom is 0.414 e. The summed E-state index contributed by atoms with van der Waals surface area (Å²) in [5.74, 6) is -0.634. The molecule has 1 aliphatic rings. The van der Waals surface area contributed by atoms with E-state index in [0.717, 1.165) is 23.3 Å². The SMILES string of the molecule is CCOC(=O)NC(=O)c1c(NC(=O)c2ccc(S(=O)(=O)C(C)C)cc2)sc2c1CCC(C)C2. The van der Waals surface area contributed by atoms with Crippen LogP contribution < -0.4 is 10.6 Å². The quantitative estimate of drug-likeness (QED) is 0.624. The van der Waals surface area contributed by atoms with Crippen LogP contribution in [0.2, 0.25) is 0 Å². The molecule has 2 N–H and O–H groups in total. The molecule has 0 saturated carbocycles. The third kappa shape index (κ3) is 5.44. The number of alkyl carbamates (subject to hydrolysis) is 1. The summed E-state index contributed by atoms with van der Waals surface area (Å²) in [6, 6.07) is 5.69. The Labute approximate surface area is 197 Å². The van der Waals surface area contributed by atoms with E-state index in [1.54, 1.807) is 20.8 Å². The molecule has 0 aliphatic heterocycles. The van der Waals surface area contributed by atoms with E-state index >= 15 is 0 Å². The van der Waals surface area contributed by atoms with Gasteiger partial charge in [-0.1, -0.05) is 6.92 Å². The molecule has 1 unspecified atom stereocenters. The number of sulfone groups is 1. The van der Waals surface area contributed by atoms with Crippen molar-refractivity contribution in [2.24, 2.45) is 5.92 Å². The number of imide groups is 1. The number of thiophene rings is 1. The molecule has 1 atom stereocenters. The number of hydrogen-bond acceptors (Lipinski definition) is 7. The lowest BCUT2D eigenvalue weighted by atomic mass is 9.88. The minimum absolute atomic E-state index is 0.129. The van der Waals surface area contributed by atoms with Crippen LogP contribution in [0.1, 0.15) is 65.3 Å². The first-order valence-corrected chi connectivity index (χ1v) is 13.2. The highest BCUT2D eigenvalue weighted by Gasteiger charge is 2.29. The molecule has 2 aromatic rings. The van der Waals surface area contributed by atoms with Gasteiger partial charge in [0.25, 0.3) is 11.8 Å². The van der Waals surface area contributed by atoms with E-state index in [0.29, 0.717) is 17.3 Å². The molecule has 3 amide bonds. The van der Waals surface area contributed by atoms with Crippen molar-refractivity contribution < 1.29 is 27.5 Å². The predicted molar refractivity (Wildman–Crippen MR) is 127 cm³/mol. The Morgan fingerprint density at radius 2 is 1.82 bits per heavy atom. The summed E-state index contributed by atoms with van der Waals surface area (Å²) in [6.45, 7) is 7.09. The van der Waals surface area contributed by atoms with Crippen LogP contribution in [0.5, 0.6) is 0 Å². The second-order valence-electron chi connectivity index (χ2n) is 8.30. The van der Waals surface area contributed by atoms with Crippen molar-refractivity contribution in [3.05, 3.63) is 45.8 Å². The van der Waals surface area contributed by atoms with Crippen molar-refractivity contribution in [1.29, 1.82) is 0 Å². The first-order valence-electron chi connectivity index (χ1n) is 10.8. The van der Waals surface area contributed by atoms with E-state index in [9.17, 15) is 22.8 Å². The molecular weight excluding hydrogens is 464 g/mol. The molecule has 178 valence electrons. The minimum atomic E-state index is -3.45. The molecule has 1 aromatic heterocycles. The second-order valence-corrected chi connectivity index (χ2v) is 11.9. The lowest BCUT2D eigenvalue weighted by Crippen LogP contribution is -2.32. The largest absolute Gasteiger partial charge is 0.450 e. The number of fused-ring (bicyclic) bond motifs is 1. The molecule has 1 heterocycles. The molecule has 10 heteroatoms. The Hall–Kier alpha value is -2.72. The van der Waals surface area contributed by atoms with Crippen LogP contribution in [-0.4, -0.2) is 38.2 Å². The highest BCUT2D eigenvalue weighted by Crippen LogP contribution is 2.40. The van der Waals surface area contributed by atoms with Crippen molar-refractivity contribution in [3.63, 3.8) is 0 Å². The average molecular weight is 493 g/mol. The molecule has 0 saturated heterocycles. The fraction of sp³-hybridized carbons (Fsp3) is 0.435. The number of benzene rings is 1. The molecule has 0 fully saturated rings. The molecule has 3 rings (SSSR count).